The number of benzene rings is 1. The maximum absolute atomic E-state index is 12.4. The van der Waals surface area contributed by atoms with Crippen molar-refractivity contribution in [1.29, 1.82) is 0 Å². The number of nitrogens with one attached hydrogen (secondary N) is 1. The molecule has 2 rings (SSSR count). The number of ether oxygens (including phenoxy) is 1. The number of methoxy groups -OCH3 is 1. The summed E-state index contributed by atoms with van der Waals surface area (Å²) in [5.74, 6) is -0.141. The second kappa shape index (κ2) is 7.79. The molecule has 6 nitrogen and oxygen atoms in total. The van der Waals surface area contributed by atoms with Crippen LogP contribution in [0.5, 0.6) is 5.75 Å². The first-order chi connectivity index (χ1) is 10.9. The highest BCUT2D eigenvalue weighted by atomic mass is 32.2. The van der Waals surface area contributed by atoms with Gasteiger partial charge in [-0.05, 0) is 31.0 Å². The number of hydrogen-bond acceptors (Lipinski definition) is 4. The average Bonchev–Trinajstić information content (AvgIpc) is 2.48. The van der Waals surface area contributed by atoms with E-state index in [-0.39, 0.29) is 28.2 Å². The lowest BCUT2D eigenvalue weighted by molar-refractivity contribution is 0.0930. The Kier molecular flexibility index (Phi) is 6.01. The summed E-state index contributed by atoms with van der Waals surface area (Å²) in [6, 6.07) is 4.41. The van der Waals surface area contributed by atoms with Crippen LogP contribution in [0.25, 0.3) is 0 Å². The van der Waals surface area contributed by atoms with Crippen LogP contribution in [0.3, 0.4) is 0 Å². The van der Waals surface area contributed by atoms with Gasteiger partial charge in [0.25, 0.3) is 5.91 Å². The molecule has 1 saturated carbocycles. The Morgan fingerprint density at radius 3 is 2.35 bits per heavy atom. The van der Waals surface area contributed by atoms with Crippen molar-refractivity contribution in [2.24, 2.45) is 5.14 Å². The van der Waals surface area contributed by atoms with Crippen molar-refractivity contribution in [3.8, 4) is 5.75 Å². The number of nitrogens with two attached hydrogens (primary N) is 1. The van der Waals surface area contributed by atoms with E-state index in [1.807, 2.05) is 0 Å². The van der Waals surface area contributed by atoms with Gasteiger partial charge in [-0.1, -0.05) is 32.1 Å². The van der Waals surface area contributed by atoms with E-state index in [0.29, 0.717) is 0 Å². The predicted octanol–water partition coefficient (Wildman–Crippen LogP) is 2.19. The largest absolute Gasteiger partial charge is 0.495 e. The molecule has 0 saturated heterocycles. The van der Waals surface area contributed by atoms with Gasteiger partial charge in [-0.3, -0.25) is 4.79 Å². The SMILES string of the molecule is COc1ccc(C(=O)NC2CCCCCCC2)cc1S(N)(=O)=O. The lowest BCUT2D eigenvalue weighted by atomic mass is 9.96. The molecule has 0 heterocycles. The fourth-order valence-electron chi connectivity index (χ4n) is 2.91. The summed E-state index contributed by atoms with van der Waals surface area (Å²) < 4.78 is 28.3. The average molecular weight is 340 g/mol. The maximum atomic E-state index is 12.4. The van der Waals surface area contributed by atoms with E-state index >= 15 is 0 Å². The van der Waals surface area contributed by atoms with Gasteiger partial charge in [-0.2, -0.15) is 0 Å². The maximum Gasteiger partial charge on any atom is 0.251 e. The number of amides is 1. The van der Waals surface area contributed by atoms with E-state index in [2.05, 4.69) is 5.32 Å². The van der Waals surface area contributed by atoms with Crippen LogP contribution in [-0.4, -0.2) is 27.5 Å². The van der Waals surface area contributed by atoms with Crippen molar-refractivity contribution >= 4 is 15.9 Å². The second-order valence-corrected chi connectivity index (χ2v) is 7.46. The van der Waals surface area contributed by atoms with Crippen LogP contribution in [0.1, 0.15) is 55.3 Å². The van der Waals surface area contributed by atoms with Crippen molar-refractivity contribution in [3.05, 3.63) is 23.8 Å². The zero-order chi connectivity index (χ0) is 16.9. The summed E-state index contributed by atoms with van der Waals surface area (Å²) in [6.07, 6.45) is 7.80. The van der Waals surface area contributed by atoms with Crippen molar-refractivity contribution in [3.63, 3.8) is 0 Å². The summed E-state index contributed by atoms with van der Waals surface area (Å²) in [5.41, 5.74) is 0.275. The molecule has 128 valence electrons. The molecule has 7 heteroatoms. The minimum absolute atomic E-state index is 0.134. The smallest absolute Gasteiger partial charge is 0.251 e. The number of sulfonamides is 1. The first-order valence-corrected chi connectivity index (χ1v) is 9.48. The Morgan fingerprint density at radius 1 is 1.17 bits per heavy atom. The lowest BCUT2D eigenvalue weighted by Gasteiger charge is -2.21. The van der Waals surface area contributed by atoms with Gasteiger partial charge in [0.15, 0.2) is 0 Å². The van der Waals surface area contributed by atoms with Gasteiger partial charge < -0.3 is 10.1 Å². The van der Waals surface area contributed by atoms with E-state index in [1.54, 1.807) is 6.07 Å². The highest BCUT2D eigenvalue weighted by molar-refractivity contribution is 7.89. The lowest BCUT2D eigenvalue weighted by Crippen LogP contribution is -2.35. The summed E-state index contributed by atoms with van der Waals surface area (Å²) >= 11 is 0. The molecule has 0 bridgehead atoms. The van der Waals surface area contributed by atoms with Crippen LogP contribution < -0.4 is 15.2 Å². The van der Waals surface area contributed by atoms with Crippen molar-refractivity contribution in [2.45, 2.75) is 55.9 Å². The van der Waals surface area contributed by atoms with Gasteiger partial charge in [0.1, 0.15) is 10.6 Å². The monoisotopic (exact) mass is 340 g/mol. The number of rotatable bonds is 4. The van der Waals surface area contributed by atoms with Crippen LogP contribution in [0.4, 0.5) is 0 Å². The zero-order valence-electron chi connectivity index (χ0n) is 13.4. The number of carbonyl (C=O) groups excluding carboxylic acids is 1. The molecule has 0 aromatic heterocycles. The first kappa shape index (κ1) is 17.7. The Balaban J connectivity index is 2.15. The minimum Gasteiger partial charge on any atom is -0.495 e. The number of hydrogen-bond donors (Lipinski definition) is 2. The normalized spacial score (nSPS) is 17.1. The summed E-state index contributed by atoms with van der Waals surface area (Å²) in [5, 5.41) is 8.19. The van der Waals surface area contributed by atoms with Gasteiger partial charge in [-0.25, -0.2) is 13.6 Å². The molecule has 1 aromatic rings. The van der Waals surface area contributed by atoms with Crippen LogP contribution in [0, 0.1) is 0 Å². The molecule has 0 spiro atoms. The Bertz CT molecular complexity index is 650. The molecular weight excluding hydrogens is 316 g/mol. The van der Waals surface area contributed by atoms with E-state index in [0.717, 1.165) is 25.7 Å². The molecular formula is C16H24N2O4S. The Hall–Kier alpha value is -1.60. The summed E-state index contributed by atoms with van der Waals surface area (Å²) in [4.78, 5) is 12.2. The molecule has 0 radical (unpaired) electrons. The predicted molar refractivity (Wildman–Crippen MR) is 87.9 cm³/mol. The van der Waals surface area contributed by atoms with Crippen LogP contribution in [-0.2, 0) is 10.0 Å². The van der Waals surface area contributed by atoms with Crippen molar-refractivity contribution < 1.29 is 17.9 Å². The molecule has 0 unspecified atom stereocenters. The third-order valence-electron chi connectivity index (χ3n) is 4.17. The van der Waals surface area contributed by atoms with Gasteiger partial charge in [0, 0.05) is 11.6 Å². The van der Waals surface area contributed by atoms with Gasteiger partial charge >= 0.3 is 0 Å². The zero-order valence-corrected chi connectivity index (χ0v) is 14.2. The molecule has 23 heavy (non-hydrogen) atoms. The first-order valence-electron chi connectivity index (χ1n) is 7.93. The van der Waals surface area contributed by atoms with Gasteiger partial charge in [0.2, 0.25) is 10.0 Å². The van der Waals surface area contributed by atoms with Crippen LogP contribution >= 0.6 is 0 Å². The third-order valence-corrected chi connectivity index (χ3v) is 5.10. The molecule has 1 aliphatic rings. The summed E-state index contributed by atoms with van der Waals surface area (Å²) in [7, 11) is -2.59. The highest BCUT2D eigenvalue weighted by Gasteiger charge is 2.20. The standard InChI is InChI=1S/C16H24N2O4S/c1-22-14-10-9-12(11-15(14)23(17,20)21)16(19)18-13-7-5-3-2-4-6-8-13/h9-11,13H,2-8H2,1H3,(H,18,19)(H2,17,20,21). The van der Waals surface area contributed by atoms with Crippen molar-refractivity contribution in [1.82, 2.24) is 5.32 Å². The van der Waals surface area contributed by atoms with Crippen molar-refractivity contribution in [2.75, 3.05) is 7.11 Å². The quantitative estimate of drug-likeness (QED) is 0.877. The number of carbonyl (C=O) groups is 1. The third kappa shape index (κ3) is 4.94. The van der Waals surface area contributed by atoms with Gasteiger partial charge in [0.05, 0.1) is 7.11 Å². The van der Waals surface area contributed by atoms with E-state index in [4.69, 9.17) is 9.88 Å². The number of primary sulfonamides is 1. The molecule has 0 atom stereocenters. The molecule has 1 amide bonds. The van der Waals surface area contributed by atoms with Crippen LogP contribution in [0.2, 0.25) is 0 Å². The van der Waals surface area contributed by atoms with Gasteiger partial charge in [-0.15, -0.1) is 0 Å². The second-order valence-electron chi connectivity index (χ2n) is 5.93. The summed E-state index contributed by atoms with van der Waals surface area (Å²) in [6.45, 7) is 0. The van der Waals surface area contributed by atoms with E-state index in [1.165, 1.54) is 38.5 Å². The van der Waals surface area contributed by atoms with E-state index < -0.39 is 10.0 Å². The molecule has 1 aromatic carbocycles. The van der Waals surface area contributed by atoms with Crippen LogP contribution in [0.15, 0.2) is 23.1 Å². The molecule has 3 N–H and O–H groups in total. The molecule has 1 fully saturated rings. The topological polar surface area (TPSA) is 98.5 Å². The Labute approximate surface area is 137 Å². The molecule has 0 aliphatic heterocycles. The van der Waals surface area contributed by atoms with E-state index in [9.17, 15) is 13.2 Å². The minimum atomic E-state index is -3.95. The molecule has 1 aliphatic carbocycles. The fraction of sp³-hybridized carbons (Fsp3) is 0.562. The fourth-order valence-corrected chi connectivity index (χ4v) is 3.63. The Morgan fingerprint density at radius 2 is 1.78 bits per heavy atom. The highest BCUT2D eigenvalue weighted by Crippen LogP contribution is 2.24.